The molecular weight excluding hydrogens is 320 g/mol. The predicted octanol–water partition coefficient (Wildman–Crippen LogP) is -3.07. The van der Waals surface area contributed by atoms with Crippen molar-refractivity contribution in [3.8, 4) is 0 Å². The largest absolute Gasteiger partial charge is 0.394 e. The van der Waals surface area contributed by atoms with Gasteiger partial charge in [-0.3, -0.25) is 15.6 Å². The van der Waals surface area contributed by atoms with Crippen molar-refractivity contribution in [1.82, 2.24) is 21.1 Å². The molecule has 0 saturated carbocycles. The van der Waals surface area contributed by atoms with Crippen LogP contribution in [0.5, 0.6) is 0 Å². The minimum atomic E-state index is -1.21. The minimum absolute atomic E-state index is 0.189. The summed E-state index contributed by atoms with van der Waals surface area (Å²) in [5.74, 6) is 0.258. The van der Waals surface area contributed by atoms with Gasteiger partial charge in [-0.25, -0.2) is 9.98 Å². The zero-order chi connectivity index (χ0) is 17.3. The van der Waals surface area contributed by atoms with Gasteiger partial charge in [-0.05, 0) is 0 Å². The van der Waals surface area contributed by atoms with E-state index in [9.17, 15) is 20.1 Å². The molecule has 132 valence electrons. The molecular formula is C13H20N6O5. The molecule has 0 aliphatic carbocycles. The first-order valence-electron chi connectivity index (χ1n) is 7.58. The fraction of sp³-hybridized carbons (Fsp3) is 0.615. The number of rotatable bonds is 5. The van der Waals surface area contributed by atoms with Crippen LogP contribution in [0, 0.1) is 0 Å². The highest BCUT2D eigenvalue weighted by molar-refractivity contribution is 5.75. The van der Waals surface area contributed by atoms with Gasteiger partial charge in [-0.2, -0.15) is 0 Å². The molecule has 1 fully saturated rings. The van der Waals surface area contributed by atoms with E-state index in [0.717, 1.165) is 0 Å². The zero-order valence-electron chi connectivity index (χ0n) is 13.0. The van der Waals surface area contributed by atoms with Crippen LogP contribution >= 0.6 is 0 Å². The van der Waals surface area contributed by atoms with Crippen molar-refractivity contribution in [2.75, 3.05) is 6.61 Å². The Morgan fingerprint density at radius 3 is 2.92 bits per heavy atom. The van der Waals surface area contributed by atoms with Crippen molar-refractivity contribution in [1.29, 1.82) is 0 Å². The molecule has 0 aromatic heterocycles. The Kier molecular flexibility index (Phi) is 4.66. The fourth-order valence-corrected chi connectivity index (χ4v) is 2.64. The van der Waals surface area contributed by atoms with E-state index in [4.69, 9.17) is 4.74 Å². The summed E-state index contributed by atoms with van der Waals surface area (Å²) in [4.78, 5) is 21.4. The monoisotopic (exact) mass is 340 g/mol. The highest BCUT2D eigenvalue weighted by Crippen LogP contribution is 2.31. The van der Waals surface area contributed by atoms with Gasteiger partial charge in [-0.15, -0.1) is 0 Å². The Morgan fingerprint density at radius 1 is 1.46 bits per heavy atom. The Bertz CT molecular complexity index is 593. The third-order valence-corrected chi connectivity index (χ3v) is 4.00. The molecule has 3 heterocycles. The molecule has 11 nitrogen and oxygen atoms in total. The Morgan fingerprint density at radius 2 is 2.25 bits per heavy atom. The summed E-state index contributed by atoms with van der Waals surface area (Å²) >= 11 is 0. The molecule has 24 heavy (non-hydrogen) atoms. The van der Waals surface area contributed by atoms with Crippen molar-refractivity contribution >= 4 is 18.6 Å². The van der Waals surface area contributed by atoms with Crippen LogP contribution in [-0.2, 0) is 9.53 Å². The molecule has 0 bridgehead atoms. The number of fused-ring (bicyclic) bond motifs is 1. The van der Waals surface area contributed by atoms with Crippen LogP contribution in [-0.4, -0.2) is 76.1 Å². The minimum Gasteiger partial charge on any atom is -0.394 e. The first kappa shape index (κ1) is 16.6. The molecule has 0 aromatic rings. The number of nitrogens with zero attached hydrogens (tertiary/aromatic N) is 3. The summed E-state index contributed by atoms with van der Waals surface area (Å²) in [6, 6.07) is 0. The molecule has 1 unspecified atom stereocenters. The van der Waals surface area contributed by atoms with E-state index in [2.05, 4.69) is 26.2 Å². The number of hydrogen-bond acceptors (Lipinski definition) is 10. The predicted molar refractivity (Wildman–Crippen MR) is 82.1 cm³/mol. The SMILES string of the molecule is CCC(=O)NNC1=C2N=CN([C@@H]3O[C@H](CO)[C@@H](O)[C@H]3O)C2N=CN1. The summed E-state index contributed by atoms with van der Waals surface area (Å²) in [5, 5.41) is 32.1. The molecule has 3 aliphatic heterocycles. The van der Waals surface area contributed by atoms with Gasteiger partial charge in [0.2, 0.25) is 5.91 Å². The molecule has 3 aliphatic rings. The zero-order valence-corrected chi connectivity index (χ0v) is 13.0. The number of nitrogens with one attached hydrogen (secondary N) is 3. The average Bonchev–Trinajstić information content (AvgIpc) is 3.15. The average molecular weight is 340 g/mol. The molecule has 0 aromatic carbocycles. The second-order valence-electron chi connectivity index (χ2n) is 5.50. The smallest absolute Gasteiger partial charge is 0.238 e. The van der Waals surface area contributed by atoms with Crippen LogP contribution in [0.2, 0.25) is 0 Å². The van der Waals surface area contributed by atoms with Crippen LogP contribution in [0.25, 0.3) is 0 Å². The number of amides is 1. The van der Waals surface area contributed by atoms with E-state index in [1.54, 1.807) is 11.8 Å². The van der Waals surface area contributed by atoms with Gasteiger partial charge in [0.15, 0.2) is 12.4 Å². The Balaban J connectivity index is 1.74. The molecule has 11 heteroatoms. The Labute approximate surface area is 137 Å². The van der Waals surface area contributed by atoms with Crippen LogP contribution in [0.3, 0.4) is 0 Å². The highest BCUT2D eigenvalue weighted by Gasteiger charge is 2.48. The van der Waals surface area contributed by atoms with Gasteiger partial charge in [0.1, 0.15) is 29.8 Å². The van der Waals surface area contributed by atoms with Crippen molar-refractivity contribution in [3.05, 3.63) is 11.5 Å². The fourth-order valence-electron chi connectivity index (χ4n) is 2.64. The maximum absolute atomic E-state index is 11.4. The maximum Gasteiger partial charge on any atom is 0.238 e. The first-order valence-corrected chi connectivity index (χ1v) is 7.58. The van der Waals surface area contributed by atoms with Gasteiger partial charge < -0.3 is 30.3 Å². The summed E-state index contributed by atoms with van der Waals surface area (Å²) < 4.78 is 5.50. The lowest BCUT2D eigenvalue weighted by atomic mass is 10.1. The first-order chi connectivity index (χ1) is 11.6. The van der Waals surface area contributed by atoms with Crippen molar-refractivity contribution in [3.63, 3.8) is 0 Å². The van der Waals surface area contributed by atoms with E-state index in [0.29, 0.717) is 17.9 Å². The third-order valence-electron chi connectivity index (χ3n) is 4.00. The van der Waals surface area contributed by atoms with E-state index >= 15 is 0 Å². The van der Waals surface area contributed by atoms with E-state index < -0.39 is 37.3 Å². The topological polar surface area (TPSA) is 151 Å². The van der Waals surface area contributed by atoms with Crippen LogP contribution in [0.15, 0.2) is 21.5 Å². The second-order valence-corrected chi connectivity index (χ2v) is 5.50. The normalized spacial score (nSPS) is 34.3. The number of aliphatic hydroxyl groups is 3. The standard InChI is InChI=1S/C13H20N6O5/c1-2-7(21)17-18-11-8-12(15-4-14-11)19(5-16-8)13-10(23)9(22)6(3-20)24-13/h4-6,9-10,12-13,18,20,22-23H,2-3H2,1H3,(H,14,15)(H,17,21)/t6-,9-,10-,12?,13-/m1/s1. The number of aliphatic hydroxyl groups excluding tert-OH is 3. The number of hydrogen-bond donors (Lipinski definition) is 6. The molecule has 0 radical (unpaired) electrons. The maximum atomic E-state index is 11.4. The molecule has 1 saturated heterocycles. The number of ether oxygens (including phenoxy) is 1. The molecule has 3 rings (SSSR count). The number of carbonyl (C=O) groups is 1. The van der Waals surface area contributed by atoms with Crippen molar-refractivity contribution < 1.29 is 24.9 Å². The highest BCUT2D eigenvalue weighted by atomic mass is 16.6. The number of carbonyl (C=O) groups excluding carboxylic acids is 1. The van der Waals surface area contributed by atoms with Crippen molar-refractivity contribution in [2.24, 2.45) is 9.98 Å². The van der Waals surface area contributed by atoms with Gasteiger partial charge >= 0.3 is 0 Å². The molecule has 5 atom stereocenters. The van der Waals surface area contributed by atoms with E-state index in [-0.39, 0.29) is 5.91 Å². The van der Waals surface area contributed by atoms with Gasteiger partial charge in [-0.1, -0.05) is 6.92 Å². The van der Waals surface area contributed by atoms with Crippen LogP contribution < -0.4 is 16.2 Å². The van der Waals surface area contributed by atoms with Gasteiger partial charge in [0.25, 0.3) is 0 Å². The summed E-state index contributed by atoms with van der Waals surface area (Å²) in [5.41, 5.74) is 5.75. The summed E-state index contributed by atoms with van der Waals surface area (Å²) in [6.07, 6.45) is -1.58. The van der Waals surface area contributed by atoms with Crippen LogP contribution in [0.4, 0.5) is 0 Å². The lowest BCUT2D eigenvalue weighted by molar-refractivity contribution is -0.121. The van der Waals surface area contributed by atoms with Crippen LogP contribution in [0.1, 0.15) is 13.3 Å². The number of hydrazine groups is 1. The molecule has 0 spiro atoms. The van der Waals surface area contributed by atoms with Crippen molar-refractivity contribution in [2.45, 2.75) is 44.1 Å². The summed E-state index contributed by atoms with van der Waals surface area (Å²) in [7, 11) is 0. The van der Waals surface area contributed by atoms with Gasteiger partial charge in [0, 0.05) is 6.42 Å². The molecule has 6 N–H and O–H groups in total. The quantitative estimate of drug-likeness (QED) is 0.288. The lowest BCUT2D eigenvalue weighted by Gasteiger charge is -2.31. The Hall–Kier alpha value is -2.21. The van der Waals surface area contributed by atoms with Gasteiger partial charge in [0.05, 0.1) is 19.3 Å². The lowest BCUT2D eigenvalue weighted by Crippen LogP contribution is -2.49. The third kappa shape index (κ3) is 2.82. The molecule has 1 amide bonds. The summed E-state index contributed by atoms with van der Waals surface area (Å²) in [6.45, 7) is 1.32. The van der Waals surface area contributed by atoms with E-state index in [1.807, 2.05) is 0 Å². The second kappa shape index (κ2) is 6.73. The number of aliphatic imine (C=N–C) groups is 2. The van der Waals surface area contributed by atoms with E-state index in [1.165, 1.54) is 12.7 Å².